The Morgan fingerprint density at radius 3 is 2.25 bits per heavy atom. The maximum absolute atomic E-state index is 5.89. The second-order valence-electron chi connectivity index (χ2n) is 5.71. The molecule has 0 aliphatic carbocycles. The topological polar surface area (TPSA) is 81.8 Å². The van der Waals surface area contributed by atoms with E-state index in [1.54, 1.807) is 6.20 Å². The SMILES string of the molecule is I.NC(=NCc1ccc(OCCOc2ccccc2)nc1)Nc1ccccc1. The lowest BCUT2D eigenvalue weighted by Crippen LogP contribution is -2.22. The number of guanidine groups is 1. The zero-order valence-electron chi connectivity index (χ0n) is 15.3. The molecule has 0 saturated heterocycles. The van der Waals surface area contributed by atoms with Gasteiger partial charge in [0.1, 0.15) is 19.0 Å². The van der Waals surface area contributed by atoms with Gasteiger partial charge >= 0.3 is 0 Å². The smallest absolute Gasteiger partial charge is 0.213 e. The highest BCUT2D eigenvalue weighted by molar-refractivity contribution is 14.0. The first-order valence-corrected chi connectivity index (χ1v) is 8.67. The number of anilines is 1. The van der Waals surface area contributed by atoms with Gasteiger partial charge in [0.2, 0.25) is 5.88 Å². The Morgan fingerprint density at radius 1 is 0.893 bits per heavy atom. The first kappa shape index (κ1) is 21.5. The van der Waals surface area contributed by atoms with Gasteiger partial charge in [-0.1, -0.05) is 42.5 Å². The molecule has 0 aliphatic heterocycles. The number of benzene rings is 2. The lowest BCUT2D eigenvalue weighted by Gasteiger charge is -2.08. The minimum Gasteiger partial charge on any atom is -0.490 e. The van der Waals surface area contributed by atoms with E-state index < -0.39 is 0 Å². The van der Waals surface area contributed by atoms with Crippen molar-refractivity contribution in [3.63, 3.8) is 0 Å². The third kappa shape index (κ3) is 7.43. The monoisotopic (exact) mass is 490 g/mol. The van der Waals surface area contributed by atoms with Crippen molar-refractivity contribution in [2.24, 2.45) is 10.7 Å². The van der Waals surface area contributed by atoms with Crippen LogP contribution in [0.2, 0.25) is 0 Å². The first-order chi connectivity index (χ1) is 13.3. The van der Waals surface area contributed by atoms with E-state index in [1.807, 2.05) is 72.8 Å². The van der Waals surface area contributed by atoms with E-state index in [-0.39, 0.29) is 24.0 Å². The van der Waals surface area contributed by atoms with Crippen LogP contribution in [0.25, 0.3) is 0 Å². The molecule has 0 aliphatic rings. The molecular weight excluding hydrogens is 467 g/mol. The minimum atomic E-state index is 0. The molecule has 0 atom stereocenters. The van der Waals surface area contributed by atoms with Gasteiger partial charge in [0.15, 0.2) is 5.96 Å². The van der Waals surface area contributed by atoms with Crippen LogP contribution < -0.4 is 20.5 Å². The molecule has 1 heterocycles. The fourth-order valence-corrected chi connectivity index (χ4v) is 2.30. The van der Waals surface area contributed by atoms with Gasteiger partial charge in [0, 0.05) is 18.0 Å². The number of para-hydroxylation sites is 2. The highest BCUT2D eigenvalue weighted by atomic mass is 127. The molecular formula is C21H23IN4O2. The number of aliphatic imine (C=N–C) groups is 1. The lowest BCUT2D eigenvalue weighted by atomic mass is 10.3. The number of nitrogens with one attached hydrogen (secondary N) is 1. The number of pyridine rings is 1. The van der Waals surface area contributed by atoms with Crippen LogP contribution in [0.5, 0.6) is 11.6 Å². The van der Waals surface area contributed by atoms with Crippen molar-refractivity contribution in [3.05, 3.63) is 84.6 Å². The summed E-state index contributed by atoms with van der Waals surface area (Å²) in [4.78, 5) is 8.59. The molecule has 0 amide bonds. The van der Waals surface area contributed by atoms with Crippen LogP contribution in [0.4, 0.5) is 5.69 Å². The molecule has 0 fully saturated rings. The zero-order valence-corrected chi connectivity index (χ0v) is 17.7. The summed E-state index contributed by atoms with van der Waals surface area (Å²) in [5, 5.41) is 3.04. The molecule has 0 saturated carbocycles. The lowest BCUT2D eigenvalue weighted by molar-refractivity contribution is 0.212. The molecule has 146 valence electrons. The zero-order chi connectivity index (χ0) is 18.7. The van der Waals surface area contributed by atoms with Crippen LogP contribution >= 0.6 is 24.0 Å². The standard InChI is InChI=1S/C21H22N4O2.HI/c22-21(25-18-7-3-1-4-8-18)24-16-17-11-12-20(23-15-17)27-14-13-26-19-9-5-2-6-10-19;/h1-12,15H,13-14,16H2,(H3,22,24,25);1H. The highest BCUT2D eigenvalue weighted by Crippen LogP contribution is 2.10. The fourth-order valence-electron chi connectivity index (χ4n) is 2.30. The van der Waals surface area contributed by atoms with Crippen LogP contribution in [0.1, 0.15) is 5.56 Å². The summed E-state index contributed by atoms with van der Waals surface area (Å²) in [6.45, 7) is 1.32. The van der Waals surface area contributed by atoms with Crippen molar-refractivity contribution in [1.29, 1.82) is 0 Å². The Labute approximate surface area is 181 Å². The average Bonchev–Trinajstić information content (AvgIpc) is 2.72. The summed E-state index contributed by atoms with van der Waals surface area (Å²) >= 11 is 0. The second kappa shape index (κ2) is 11.8. The van der Waals surface area contributed by atoms with E-state index >= 15 is 0 Å². The van der Waals surface area contributed by atoms with Gasteiger partial charge in [-0.05, 0) is 29.8 Å². The van der Waals surface area contributed by atoms with Crippen molar-refractivity contribution in [3.8, 4) is 11.6 Å². The summed E-state index contributed by atoms with van der Waals surface area (Å²) < 4.78 is 11.2. The van der Waals surface area contributed by atoms with Crippen molar-refractivity contribution in [2.45, 2.75) is 6.54 Å². The Bertz CT molecular complexity index is 843. The number of nitrogens with zero attached hydrogens (tertiary/aromatic N) is 2. The predicted molar refractivity (Wildman–Crippen MR) is 122 cm³/mol. The Kier molecular flexibility index (Phi) is 9.06. The van der Waals surface area contributed by atoms with Crippen molar-refractivity contribution in [1.82, 2.24) is 4.98 Å². The molecule has 3 N–H and O–H groups in total. The van der Waals surface area contributed by atoms with Crippen LogP contribution in [-0.2, 0) is 6.54 Å². The number of hydrogen-bond donors (Lipinski definition) is 2. The van der Waals surface area contributed by atoms with E-state index in [0.29, 0.717) is 31.6 Å². The number of ether oxygens (including phenoxy) is 2. The summed E-state index contributed by atoms with van der Waals surface area (Å²) in [6, 6.07) is 23.0. The Morgan fingerprint density at radius 2 is 1.57 bits per heavy atom. The quantitative estimate of drug-likeness (QED) is 0.215. The van der Waals surface area contributed by atoms with E-state index in [9.17, 15) is 0 Å². The average molecular weight is 490 g/mol. The van der Waals surface area contributed by atoms with E-state index in [2.05, 4.69) is 15.3 Å². The predicted octanol–water partition coefficient (Wildman–Crippen LogP) is 4.08. The van der Waals surface area contributed by atoms with Gasteiger partial charge in [-0.25, -0.2) is 9.98 Å². The third-order valence-electron chi connectivity index (χ3n) is 3.62. The molecule has 2 aromatic carbocycles. The molecule has 6 nitrogen and oxygen atoms in total. The van der Waals surface area contributed by atoms with Gasteiger partial charge in [-0.3, -0.25) is 0 Å². The van der Waals surface area contributed by atoms with E-state index in [0.717, 1.165) is 17.0 Å². The van der Waals surface area contributed by atoms with E-state index in [4.69, 9.17) is 15.2 Å². The van der Waals surface area contributed by atoms with Crippen LogP contribution in [-0.4, -0.2) is 24.2 Å². The molecule has 0 radical (unpaired) electrons. The summed E-state index contributed by atoms with van der Waals surface area (Å²) in [5.74, 6) is 1.73. The molecule has 28 heavy (non-hydrogen) atoms. The summed E-state index contributed by atoms with van der Waals surface area (Å²) in [5.41, 5.74) is 7.74. The molecule has 7 heteroatoms. The summed E-state index contributed by atoms with van der Waals surface area (Å²) in [6.07, 6.45) is 1.73. The molecule has 0 bridgehead atoms. The van der Waals surface area contributed by atoms with Gasteiger partial charge in [-0.2, -0.15) is 0 Å². The second-order valence-corrected chi connectivity index (χ2v) is 5.71. The van der Waals surface area contributed by atoms with Crippen molar-refractivity contribution < 1.29 is 9.47 Å². The van der Waals surface area contributed by atoms with Crippen molar-refractivity contribution in [2.75, 3.05) is 18.5 Å². The maximum Gasteiger partial charge on any atom is 0.213 e. The molecule has 3 rings (SSSR count). The summed E-state index contributed by atoms with van der Waals surface area (Å²) in [7, 11) is 0. The van der Waals surface area contributed by atoms with Gasteiger partial charge < -0.3 is 20.5 Å². The first-order valence-electron chi connectivity index (χ1n) is 8.67. The molecule has 3 aromatic rings. The number of halogens is 1. The fraction of sp³-hybridized carbons (Fsp3) is 0.143. The molecule has 0 unspecified atom stereocenters. The minimum absolute atomic E-state index is 0. The molecule has 1 aromatic heterocycles. The van der Waals surface area contributed by atoms with Crippen LogP contribution in [0.3, 0.4) is 0 Å². The third-order valence-corrected chi connectivity index (χ3v) is 3.62. The van der Waals surface area contributed by atoms with Crippen LogP contribution in [0.15, 0.2) is 84.0 Å². The highest BCUT2D eigenvalue weighted by Gasteiger charge is 1.99. The number of nitrogens with two attached hydrogens (primary N) is 1. The number of rotatable bonds is 8. The largest absolute Gasteiger partial charge is 0.490 e. The molecule has 0 spiro atoms. The van der Waals surface area contributed by atoms with E-state index in [1.165, 1.54) is 0 Å². The normalized spacial score (nSPS) is 10.6. The number of aromatic nitrogens is 1. The van der Waals surface area contributed by atoms with Gasteiger partial charge in [0.05, 0.1) is 6.54 Å². The van der Waals surface area contributed by atoms with Gasteiger partial charge in [-0.15, -0.1) is 24.0 Å². The Hall–Kier alpha value is -2.81. The number of hydrogen-bond acceptors (Lipinski definition) is 4. The van der Waals surface area contributed by atoms with Crippen LogP contribution in [0, 0.1) is 0 Å². The maximum atomic E-state index is 5.89. The van der Waals surface area contributed by atoms with Gasteiger partial charge in [0.25, 0.3) is 0 Å². The Balaban J connectivity index is 0.00000280. The van der Waals surface area contributed by atoms with Crippen molar-refractivity contribution >= 4 is 35.6 Å².